The number of hydrogen-bond acceptors (Lipinski definition) is 3. The van der Waals surface area contributed by atoms with E-state index in [2.05, 4.69) is 17.1 Å². The molecule has 0 saturated heterocycles. The minimum absolute atomic E-state index is 0.401. The molecular weight excluding hydrogens is 372 g/mol. The first-order chi connectivity index (χ1) is 14.8. The van der Waals surface area contributed by atoms with Gasteiger partial charge in [-0.1, -0.05) is 78.9 Å². The van der Waals surface area contributed by atoms with Crippen LogP contribution in [0.5, 0.6) is 5.75 Å². The average molecular weight is 391 g/mol. The molecule has 0 unspecified atom stereocenters. The Labute approximate surface area is 174 Å². The molecule has 1 heterocycles. The van der Waals surface area contributed by atoms with Crippen LogP contribution in [-0.2, 0) is 6.54 Å². The lowest BCUT2D eigenvalue weighted by molar-refractivity contribution is -0.691. The Morgan fingerprint density at radius 1 is 0.833 bits per heavy atom. The van der Waals surface area contributed by atoms with E-state index < -0.39 is 5.97 Å². The molecule has 0 saturated carbocycles. The summed E-state index contributed by atoms with van der Waals surface area (Å²) in [4.78, 5) is 17.3. The first kappa shape index (κ1) is 18.0. The van der Waals surface area contributed by atoms with Gasteiger partial charge in [0.2, 0.25) is 0 Å². The predicted molar refractivity (Wildman–Crippen MR) is 116 cm³/mol. The van der Waals surface area contributed by atoms with E-state index in [0.717, 1.165) is 27.1 Å². The maximum atomic E-state index is 13.1. The number of aromatic nitrogens is 2. The Balaban J connectivity index is 1.54. The third kappa shape index (κ3) is 3.40. The molecule has 0 bridgehead atoms. The van der Waals surface area contributed by atoms with Crippen LogP contribution >= 0.6 is 0 Å². The van der Waals surface area contributed by atoms with Crippen LogP contribution in [0.15, 0.2) is 104 Å². The average Bonchev–Trinajstić information content (AvgIpc) is 2.80. The highest BCUT2D eigenvalue weighted by Crippen LogP contribution is 2.33. The molecule has 144 valence electrons. The van der Waals surface area contributed by atoms with Crippen LogP contribution in [0.2, 0.25) is 0 Å². The van der Waals surface area contributed by atoms with E-state index in [-0.39, 0.29) is 0 Å². The molecule has 1 aromatic heterocycles. The number of carbonyl (C=O) groups is 1. The third-order valence-electron chi connectivity index (χ3n) is 5.18. The van der Waals surface area contributed by atoms with Crippen molar-refractivity contribution in [2.24, 2.45) is 0 Å². The van der Waals surface area contributed by atoms with Crippen LogP contribution in [0, 0.1) is 0 Å². The molecule has 0 fully saturated rings. The van der Waals surface area contributed by atoms with Gasteiger partial charge in [-0.3, -0.25) is 4.98 Å². The van der Waals surface area contributed by atoms with Crippen molar-refractivity contribution in [3.05, 3.63) is 115 Å². The highest BCUT2D eigenvalue weighted by atomic mass is 16.5. The van der Waals surface area contributed by atoms with Crippen LogP contribution < -0.4 is 9.30 Å². The molecule has 0 aliphatic rings. The van der Waals surface area contributed by atoms with Gasteiger partial charge in [-0.2, -0.15) is 4.57 Å². The van der Waals surface area contributed by atoms with E-state index >= 15 is 0 Å². The van der Waals surface area contributed by atoms with E-state index in [9.17, 15) is 4.79 Å². The molecule has 0 amide bonds. The van der Waals surface area contributed by atoms with Crippen molar-refractivity contribution in [2.45, 2.75) is 6.54 Å². The molecule has 0 atom stereocenters. The lowest BCUT2D eigenvalue weighted by Gasteiger charge is -2.10. The zero-order valence-electron chi connectivity index (χ0n) is 16.2. The van der Waals surface area contributed by atoms with Gasteiger partial charge in [0.15, 0.2) is 12.7 Å². The SMILES string of the molecule is O=C(Oc1cc2ccccc2c2ccccc12)c1cncc[n+]1Cc1ccccc1. The van der Waals surface area contributed by atoms with Crippen molar-refractivity contribution >= 4 is 27.5 Å². The van der Waals surface area contributed by atoms with E-state index in [1.54, 1.807) is 18.6 Å². The molecule has 0 radical (unpaired) electrons. The monoisotopic (exact) mass is 391 g/mol. The second-order valence-electron chi connectivity index (χ2n) is 7.11. The van der Waals surface area contributed by atoms with Crippen molar-refractivity contribution in [1.29, 1.82) is 0 Å². The molecule has 30 heavy (non-hydrogen) atoms. The molecule has 4 heteroatoms. The fourth-order valence-corrected chi connectivity index (χ4v) is 3.73. The van der Waals surface area contributed by atoms with Gasteiger partial charge in [0.1, 0.15) is 11.9 Å². The summed E-state index contributed by atoms with van der Waals surface area (Å²) < 4.78 is 7.76. The number of rotatable bonds is 4. The van der Waals surface area contributed by atoms with E-state index in [0.29, 0.717) is 18.0 Å². The molecule has 4 nitrogen and oxygen atoms in total. The number of ether oxygens (including phenoxy) is 1. The second-order valence-corrected chi connectivity index (χ2v) is 7.11. The summed E-state index contributed by atoms with van der Waals surface area (Å²) in [5.41, 5.74) is 1.50. The summed E-state index contributed by atoms with van der Waals surface area (Å²) in [6.45, 7) is 0.562. The molecule has 0 aliphatic heterocycles. The standard InChI is InChI=1S/C26H19N2O2/c29-26(24-17-27-14-15-28(24)18-19-8-2-1-3-9-19)30-25-16-20-10-4-5-11-21(20)22-12-6-7-13-23(22)25/h1-17H,18H2/q+1. The lowest BCUT2D eigenvalue weighted by atomic mass is 10.0. The molecule has 5 rings (SSSR count). The predicted octanol–water partition coefficient (Wildman–Crippen LogP) is 4.94. The Morgan fingerprint density at radius 3 is 2.37 bits per heavy atom. The van der Waals surface area contributed by atoms with E-state index in [1.807, 2.05) is 77.4 Å². The van der Waals surface area contributed by atoms with Crippen molar-refractivity contribution < 1.29 is 14.1 Å². The van der Waals surface area contributed by atoms with Gasteiger partial charge in [0.25, 0.3) is 0 Å². The first-order valence-electron chi connectivity index (χ1n) is 9.80. The minimum atomic E-state index is -0.431. The molecule has 4 aromatic carbocycles. The first-order valence-corrected chi connectivity index (χ1v) is 9.80. The zero-order valence-corrected chi connectivity index (χ0v) is 16.2. The molecular formula is C26H19N2O2+. The number of nitrogens with zero attached hydrogens (tertiary/aromatic N) is 2. The van der Waals surface area contributed by atoms with Gasteiger partial charge in [0, 0.05) is 10.9 Å². The smallest absolute Gasteiger partial charge is 0.410 e. The van der Waals surface area contributed by atoms with Crippen LogP contribution in [0.1, 0.15) is 16.1 Å². The van der Waals surface area contributed by atoms with Crippen molar-refractivity contribution in [3.8, 4) is 5.75 Å². The Bertz CT molecular complexity index is 1360. The third-order valence-corrected chi connectivity index (χ3v) is 5.18. The molecule has 0 aliphatic carbocycles. The van der Waals surface area contributed by atoms with Gasteiger partial charge >= 0.3 is 11.7 Å². The number of hydrogen-bond donors (Lipinski definition) is 0. The number of fused-ring (bicyclic) bond motifs is 3. The van der Waals surface area contributed by atoms with Crippen LogP contribution in [0.4, 0.5) is 0 Å². The maximum Gasteiger partial charge on any atom is 0.410 e. The quantitative estimate of drug-likeness (QED) is 0.189. The summed E-state index contributed by atoms with van der Waals surface area (Å²) in [5, 5.41) is 4.13. The molecule has 0 N–H and O–H groups in total. The van der Waals surface area contributed by atoms with Crippen LogP contribution in [0.25, 0.3) is 21.5 Å². The maximum absolute atomic E-state index is 13.1. The Hall–Kier alpha value is -4.05. The molecule has 0 spiro atoms. The lowest BCUT2D eigenvalue weighted by Crippen LogP contribution is -2.42. The number of benzene rings is 4. The number of carbonyl (C=O) groups excluding carboxylic acids is 1. The zero-order chi connectivity index (χ0) is 20.3. The summed E-state index contributed by atoms with van der Waals surface area (Å²) >= 11 is 0. The fourth-order valence-electron chi connectivity index (χ4n) is 3.73. The van der Waals surface area contributed by atoms with Gasteiger partial charge in [-0.15, -0.1) is 0 Å². The summed E-state index contributed by atoms with van der Waals surface area (Å²) in [7, 11) is 0. The second kappa shape index (κ2) is 7.76. The highest BCUT2D eigenvalue weighted by Gasteiger charge is 2.23. The Morgan fingerprint density at radius 2 is 1.53 bits per heavy atom. The normalized spacial score (nSPS) is 10.9. The van der Waals surface area contributed by atoms with Crippen molar-refractivity contribution in [2.75, 3.05) is 0 Å². The van der Waals surface area contributed by atoms with E-state index in [4.69, 9.17) is 4.74 Å². The largest absolute Gasteiger partial charge is 0.418 e. The topological polar surface area (TPSA) is 43.1 Å². The van der Waals surface area contributed by atoms with Gasteiger partial charge < -0.3 is 4.74 Å². The van der Waals surface area contributed by atoms with Gasteiger partial charge in [-0.25, -0.2) is 4.79 Å². The van der Waals surface area contributed by atoms with Crippen LogP contribution in [0.3, 0.4) is 0 Å². The van der Waals surface area contributed by atoms with E-state index in [1.165, 1.54) is 0 Å². The van der Waals surface area contributed by atoms with Gasteiger partial charge in [-0.05, 0) is 22.2 Å². The molecule has 5 aromatic rings. The number of esters is 1. The van der Waals surface area contributed by atoms with Crippen molar-refractivity contribution in [3.63, 3.8) is 0 Å². The summed E-state index contributed by atoms with van der Waals surface area (Å²) in [6, 6.07) is 28.0. The van der Waals surface area contributed by atoms with Crippen molar-refractivity contribution in [1.82, 2.24) is 4.98 Å². The highest BCUT2D eigenvalue weighted by molar-refractivity contribution is 6.11. The summed E-state index contributed by atoms with van der Waals surface area (Å²) in [5.74, 6) is 0.115. The fraction of sp³-hybridized carbons (Fsp3) is 0.0385. The van der Waals surface area contributed by atoms with Crippen LogP contribution in [-0.4, -0.2) is 11.0 Å². The van der Waals surface area contributed by atoms with Gasteiger partial charge in [0.05, 0.1) is 6.20 Å². The minimum Gasteiger partial charge on any atom is -0.418 e. The Kier molecular flexibility index (Phi) is 4.66. The summed E-state index contributed by atoms with van der Waals surface area (Å²) in [6.07, 6.45) is 5.02.